The van der Waals surface area contributed by atoms with Crippen molar-refractivity contribution in [3.63, 3.8) is 0 Å². The zero-order chi connectivity index (χ0) is 14.0. The van der Waals surface area contributed by atoms with E-state index >= 15 is 0 Å². The molecule has 1 aromatic carbocycles. The van der Waals surface area contributed by atoms with Crippen molar-refractivity contribution in [1.82, 2.24) is 15.1 Å². The van der Waals surface area contributed by atoms with Crippen LogP contribution in [0.25, 0.3) is 0 Å². The fraction of sp³-hybridized carbons (Fsp3) is 0.286. The minimum absolute atomic E-state index is 0.0709. The average molecular weight is 261 g/mol. The molecular formula is C14H16FN3O. The van der Waals surface area contributed by atoms with Crippen LogP contribution in [0, 0.1) is 19.7 Å². The molecule has 0 bridgehead atoms. The van der Waals surface area contributed by atoms with Crippen molar-refractivity contribution >= 4 is 5.91 Å². The fourth-order valence-corrected chi connectivity index (χ4v) is 1.92. The number of nitrogens with one attached hydrogen (secondary N) is 1. The first-order valence-corrected chi connectivity index (χ1v) is 6.01. The van der Waals surface area contributed by atoms with Gasteiger partial charge in [-0.1, -0.05) is 12.1 Å². The third-order valence-electron chi connectivity index (χ3n) is 2.99. The van der Waals surface area contributed by atoms with Gasteiger partial charge in [0.05, 0.1) is 11.3 Å². The third-order valence-corrected chi connectivity index (χ3v) is 2.99. The normalized spacial score (nSPS) is 10.5. The SMILES string of the molecule is Cc1cccc(C(=O)NCc2cn(C)nc2C)c1F. The van der Waals surface area contributed by atoms with E-state index in [9.17, 15) is 9.18 Å². The van der Waals surface area contributed by atoms with Gasteiger partial charge in [-0.25, -0.2) is 4.39 Å². The lowest BCUT2D eigenvalue weighted by molar-refractivity contribution is 0.0946. The molecule has 1 aromatic heterocycles. The van der Waals surface area contributed by atoms with Crippen LogP contribution in [0.5, 0.6) is 0 Å². The Morgan fingerprint density at radius 3 is 2.79 bits per heavy atom. The Bertz CT molecular complexity index is 619. The molecule has 0 saturated heterocycles. The topological polar surface area (TPSA) is 46.9 Å². The summed E-state index contributed by atoms with van der Waals surface area (Å²) >= 11 is 0. The first-order valence-electron chi connectivity index (χ1n) is 6.01. The highest BCUT2D eigenvalue weighted by atomic mass is 19.1. The summed E-state index contributed by atoms with van der Waals surface area (Å²) < 4.78 is 15.5. The van der Waals surface area contributed by atoms with Crippen LogP contribution in [0.2, 0.25) is 0 Å². The zero-order valence-corrected chi connectivity index (χ0v) is 11.2. The second kappa shape index (κ2) is 5.22. The van der Waals surface area contributed by atoms with Gasteiger partial charge in [0.1, 0.15) is 5.82 Å². The second-order valence-electron chi connectivity index (χ2n) is 4.53. The number of rotatable bonds is 3. The minimum atomic E-state index is -0.470. The Morgan fingerprint density at radius 2 is 2.16 bits per heavy atom. The van der Waals surface area contributed by atoms with Crippen LogP contribution in [0.1, 0.15) is 27.2 Å². The second-order valence-corrected chi connectivity index (χ2v) is 4.53. The molecule has 1 N–H and O–H groups in total. The van der Waals surface area contributed by atoms with Gasteiger partial charge in [0, 0.05) is 25.4 Å². The highest BCUT2D eigenvalue weighted by molar-refractivity contribution is 5.94. The van der Waals surface area contributed by atoms with Crippen LogP contribution in [0.3, 0.4) is 0 Å². The van der Waals surface area contributed by atoms with Gasteiger partial charge in [-0.3, -0.25) is 9.48 Å². The van der Waals surface area contributed by atoms with Crippen LogP contribution in [-0.4, -0.2) is 15.7 Å². The maximum absolute atomic E-state index is 13.8. The summed E-state index contributed by atoms with van der Waals surface area (Å²) in [6.45, 7) is 3.85. The van der Waals surface area contributed by atoms with Crippen molar-refractivity contribution in [2.45, 2.75) is 20.4 Å². The average Bonchev–Trinajstić information content (AvgIpc) is 2.68. The molecule has 4 nitrogen and oxygen atoms in total. The third kappa shape index (κ3) is 2.81. The fourth-order valence-electron chi connectivity index (χ4n) is 1.92. The lowest BCUT2D eigenvalue weighted by Crippen LogP contribution is -2.24. The molecule has 0 fully saturated rings. The number of aromatic nitrogens is 2. The first kappa shape index (κ1) is 13.3. The van der Waals surface area contributed by atoms with Crippen LogP contribution in [-0.2, 0) is 13.6 Å². The summed E-state index contributed by atoms with van der Waals surface area (Å²) in [5.41, 5.74) is 2.31. The Labute approximate surface area is 111 Å². The zero-order valence-electron chi connectivity index (χ0n) is 11.2. The quantitative estimate of drug-likeness (QED) is 0.919. The number of carbonyl (C=O) groups is 1. The summed E-state index contributed by atoms with van der Waals surface area (Å²) in [6.07, 6.45) is 1.84. The molecule has 1 heterocycles. The Balaban J connectivity index is 2.10. The van der Waals surface area contributed by atoms with Crippen molar-refractivity contribution in [3.05, 3.63) is 52.6 Å². The molecule has 0 saturated carbocycles. The highest BCUT2D eigenvalue weighted by Crippen LogP contribution is 2.12. The predicted molar refractivity (Wildman–Crippen MR) is 70.3 cm³/mol. The van der Waals surface area contributed by atoms with Gasteiger partial charge in [0.15, 0.2) is 0 Å². The number of nitrogens with zero attached hydrogens (tertiary/aromatic N) is 2. The van der Waals surface area contributed by atoms with Crippen molar-refractivity contribution < 1.29 is 9.18 Å². The van der Waals surface area contributed by atoms with E-state index in [1.807, 2.05) is 20.2 Å². The maximum Gasteiger partial charge on any atom is 0.254 e. The molecule has 0 aliphatic carbocycles. The highest BCUT2D eigenvalue weighted by Gasteiger charge is 2.13. The van der Waals surface area contributed by atoms with Gasteiger partial charge >= 0.3 is 0 Å². The van der Waals surface area contributed by atoms with E-state index in [0.29, 0.717) is 12.1 Å². The first-order chi connectivity index (χ1) is 8.99. The summed E-state index contributed by atoms with van der Waals surface area (Å²) in [5.74, 6) is -0.882. The smallest absolute Gasteiger partial charge is 0.254 e. The monoisotopic (exact) mass is 261 g/mol. The standard InChI is InChI=1S/C14H16FN3O/c1-9-5-4-6-12(13(9)15)14(19)16-7-11-8-18(3)17-10(11)2/h4-6,8H,7H2,1-3H3,(H,16,19). The number of aryl methyl sites for hydroxylation is 3. The predicted octanol–water partition coefficient (Wildman–Crippen LogP) is 2.11. The van der Waals surface area contributed by atoms with E-state index in [1.165, 1.54) is 6.07 Å². The largest absolute Gasteiger partial charge is 0.348 e. The molecule has 0 atom stereocenters. The van der Waals surface area contributed by atoms with Gasteiger partial charge in [0.2, 0.25) is 0 Å². The van der Waals surface area contributed by atoms with E-state index in [4.69, 9.17) is 0 Å². The molecule has 100 valence electrons. The summed E-state index contributed by atoms with van der Waals surface area (Å²) in [5, 5.41) is 6.89. The van der Waals surface area contributed by atoms with E-state index < -0.39 is 11.7 Å². The van der Waals surface area contributed by atoms with Gasteiger partial charge in [0.25, 0.3) is 5.91 Å². The Hall–Kier alpha value is -2.17. The Kier molecular flexibility index (Phi) is 3.64. The lowest BCUT2D eigenvalue weighted by atomic mass is 10.1. The van der Waals surface area contributed by atoms with Crippen molar-refractivity contribution in [2.24, 2.45) is 7.05 Å². The number of benzene rings is 1. The van der Waals surface area contributed by atoms with Gasteiger partial charge in [-0.2, -0.15) is 5.10 Å². The molecule has 0 aliphatic rings. The molecule has 0 unspecified atom stereocenters. The van der Waals surface area contributed by atoms with Crippen molar-refractivity contribution in [3.8, 4) is 0 Å². The van der Waals surface area contributed by atoms with Crippen molar-refractivity contribution in [1.29, 1.82) is 0 Å². The maximum atomic E-state index is 13.8. The summed E-state index contributed by atoms with van der Waals surface area (Å²) in [4.78, 5) is 11.9. The van der Waals surface area contributed by atoms with Crippen LogP contribution in [0.15, 0.2) is 24.4 Å². The van der Waals surface area contributed by atoms with E-state index in [1.54, 1.807) is 23.7 Å². The molecule has 5 heteroatoms. The molecule has 0 spiro atoms. The van der Waals surface area contributed by atoms with E-state index in [-0.39, 0.29) is 5.56 Å². The number of amides is 1. The molecule has 0 aliphatic heterocycles. The van der Waals surface area contributed by atoms with E-state index in [0.717, 1.165) is 11.3 Å². The number of hydrogen-bond acceptors (Lipinski definition) is 2. The minimum Gasteiger partial charge on any atom is -0.348 e. The van der Waals surface area contributed by atoms with E-state index in [2.05, 4.69) is 10.4 Å². The molecule has 2 aromatic rings. The summed E-state index contributed by atoms with van der Waals surface area (Å²) in [7, 11) is 1.82. The van der Waals surface area contributed by atoms with Gasteiger partial charge in [-0.05, 0) is 25.5 Å². The molecule has 2 rings (SSSR count). The van der Waals surface area contributed by atoms with Gasteiger partial charge < -0.3 is 5.32 Å². The summed E-state index contributed by atoms with van der Waals surface area (Å²) in [6, 6.07) is 4.79. The number of carbonyl (C=O) groups excluding carboxylic acids is 1. The van der Waals surface area contributed by atoms with Gasteiger partial charge in [-0.15, -0.1) is 0 Å². The molecule has 0 radical (unpaired) electrons. The van der Waals surface area contributed by atoms with Crippen LogP contribution < -0.4 is 5.32 Å². The number of halogens is 1. The Morgan fingerprint density at radius 1 is 1.42 bits per heavy atom. The molecule has 19 heavy (non-hydrogen) atoms. The number of hydrogen-bond donors (Lipinski definition) is 1. The van der Waals surface area contributed by atoms with Crippen LogP contribution in [0.4, 0.5) is 4.39 Å². The lowest BCUT2D eigenvalue weighted by Gasteiger charge is -2.06. The molecular weight excluding hydrogens is 245 g/mol. The van der Waals surface area contributed by atoms with Crippen molar-refractivity contribution in [2.75, 3.05) is 0 Å². The molecule has 1 amide bonds. The van der Waals surface area contributed by atoms with Crippen LogP contribution >= 0.6 is 0 Å².